The second-order valence-electron chi connectivity index (χ2n) is 3.48. The van der Waals surface area contributed by atoms with Gasteiger partial charge >= 0.3 is 0 Å². The third-order valence-electron chi connectivity index (χ3n) is 2.20. The molecule has 1 aromatic heterocycles. The third kappa shape index (κ3) is 2.37. The van der Waals surface area contributed by atoms with Crippen molar-refractivity contribution in [2.24, 2.45) is 11.8 Å². The highest BCUT2D eigenvalue weighted by atomic mass is 15.0. The monoisotopic (exact) mass is 152 g/mol. The molecule has 1 unspecified atom stereocenters. The first kappa shape index (κ1) is 8.31. The second kappa shape index (κ2) is 3.56. The zero-order valence-electron chi connectivity index (χ0n) is 7.49. The summed E-state index contributed by atoms with van der Waals surface area (Å²) < 4.78 is 2.13. The zero-order valence-corrected chi connectivity index (χ0v) is 7.49. The standard InChI is InChI=1S/C9H16N2/c1-8(2)9(3)6-11-5-4-10-7-11/h4-5,7-9H,6H2,1-3H3. The van der Waals surface area contributed by atoms with Crippen LogP contribution in [0.2, 0.25) is 0 Å². The molecule has 0 amide bonds. The van der Waals surface area contributed by atoms with E-state index in [0.717, 1.165) is 18.4 Å². The van der Waals surface area contributed by atoms with Crippen molar-refractivity contribution >= 4 is 0 Å². The van der Waals surface area contributed by atoms with Gasteiger partial charge < -0.3 is 4.57 Å². The topological polar surface area (TPSA) is 17.8 Å². The van der Waals surface area contributed by atoms with E-state index >= 15 is 0 Å². The highest BCUT2D eigenvalue weighted by Crippen LogP contribution is 2.11. The quantitative estimate of drug-likeness (QED) is 0.649. The molecule has 0 saturated carbocycles. The summed E-state index contributed by atoms with van der Waals surface area (Å²) in [5, 5.41) is 0. The molecule has 0 radical (unpaired) electrons. The van der Waals surface area contributed by atoms with Gasteiger partial charge in [-0.1, -0.05) is 20.8 Å². The zero-order chi connectivity index (χ0) is 8.27. The van der Waals surface area contributed by atoms with E-state index in [9.17, 15) is 0 Å². The van der Waals surface area contributed by atoms with Crippen molar-refractivity contribution in [3.05, 3.63) is 18.7 Å². The first-order valence-electron chi connectivity index (χ1n) is 4.16. The molecule has 11 heavy (non-hydrogen) atoms. The van der Waals surface area contributed by atoms with Crippen molar-refractivity contribution in [1.82, 2.24) is 9.55 Å². The third-order valence-corrected chi connectivity index (χ3v) is 2.20. The smallest absolute Gasteiger partial charge is 0.0945 e. The molecule has 0 aliphatic rings. The Bertz CT molecular complexity index is 189. The Labute approximate surface area is 68.3 Å². The Balaban J connectivity index is 2.43. The molecule has 1 atom stereocenters. The molecule has 2 heteroatoms. The number of aromatic nitrogens is 2. The largest absolute Gasteiger partial charge is 0.337 e. The van der Waals surface area contributed by atoms with Gasteiger partial charge in [0.25, 0.3) is 0 Å². The highest BCUT2D eigenvalue weighted by molar-refractivity contribution is 4.75. The van der Waals surface area contributed by atoms with E-state index < -0.39 is 0 Å². The van der Waals surface area contributed by atoms with Gasteiger partial charge in [0, 0.05) is 18.9 Å². The molecule has 2 nitrogen and oxygen atoms in total. The maximum atomic E-state index is 4.00. The predicted molar refractivity (Wildman–Crippen MR) is 46.2 cm³/mol. The molecule has 0 spiro atoms. The fourth-order valence-corrected chi connectivity index (χ4v) is 0.938. The van der Waals surface area contributed by atoms with Crippen LogP contribution in [0.3, 0.4) is 0 Å². The Kier molecular flexibility index (Phi) is 2.69. The van der Waals surface area contributed by atoms with E-state index in [4.69, 9.17) is 0 Å². The van der Waals surface area contributed by atoms with Crippen LogP contribution >= 0.6 is 0 Å². The minimum atomic E-state index is 0.726. The van der Waals surface area contributed by atoms with Gasteiger partial charge in [0.05, 0.1) is 6.33 Å². The summed E-state index contributed by atoms with van der Waals surface area (Å²) in [5.41, 5.74) is 0. The van der Waals surface area contributed by atoms with Crippen molar-refractivity contribution in [2.45, 2.75) is 27.3 Å². The molecule has 0 aliphatic carbocycles. The van der Waals surface area contributed by atoms with Crippen LogP contribution in [0.4, 0.5) is 0 Å². The highest BCUT2D eigenvalue weighted by Gasteiger charge is 2.06. The summed E-state index contributed by atoms with van der Waals surface area (Å²) in [4.78, 5) is 4.00. The van der Waals surface area contributed by atoms with Crippen LogP contribution in [-0.2, 0) is 6.54 Å². The van der Waals surface area contributed by atoms with E-state index in [-0.39, 0.29) is 0 Å². The maximum absolute atomic E-state index is 4.00. The lowest BCUT2D eigenvalue weighted by Crippen LogP contribution is -2.11. The van der Waals surface area contributed by atoms with Crippen LogP contribution in [0, 0.1) is 11.8 Å². The molecule has 0 bridgehead atoms. The second-order valence-corrected chi connectivity index (χ2v) is 3.48. The summed E-state index contributed by atoms with van der Waals surface area (Å²) in [6.07, 6.45) is 5.71. The molecule has 0 aromatic carbocycles. The van der Waals surface area contributed by atoms with Crippen molar-refractivity contribution in [2.75, 3.05) is 0 Å². The van der Waals surface area contributed by atoms with Crippen molar-refractivity contribution in [3.8, 4) is 0 Å². The average molecular weight is 152 g/mol. The van der Waals surface area contributed by atoms with E-state index in [1.165, 1.54) is 0 Å². The molecule has 1 rings (SSSR count). The number of imidazole rings is 1. The molecule has 0 aliphatic heterocycles. The Morgan fingerprint density at radius 3 is 2.55 bits per heavy atom. The van der Waals surface area contributed by atoms with E-state index in [2.05, 4.69) is 30.3 Å². The van der Waals surface area contributed by atoms with Crippen molar-refractivity contribution < 1.29 is 0 Å². The van der Waals surface area contributed by atoms with Crippen LogP contribution < -0.4 is 0 Å². The summed E-state index contributed by atoms with van der Waals surface area (Å²) >= 11 is 0. The van der Waals surface area contributed by atoms with E-state index in [1.54, 1.807) is 0 Å². The molecular formula is C9H16N2. The molecule has 1 heterocycles. The number of hydrogen-bond acceptors (Lipinski definition) is 1. The molecular weight excluding hydrogens is 136 g/mol. The van der Waals surface area contributed by atoms with Crippen molar-refractivity contribution in [1.29, 1.82) is 0 Å². The average Bonchev–Trinajstić information content (AvgIpc) is 2.39. The predicted octanol–water partition coefficient (Wildman–Crippen LogP) is 2.18. The minimum Gasteiger partial charge on any atom is -0.337 e. The lowest BCUT2D eigenvalue weighted by molar-refractivity contribution is 0.365. The SMILES string of the molecule is CC(C)C(C)Cn1ccnc1. The molecule has 1 aromatic rings. The molecule has 0 fully saturated rings. The first-order chi connectivity index (χ1) is 5.20. The van der Waals surface area contributed by atoms with E-state index in [1.807, 2.05) is 18.7 Å². The number of hydrogen-bond donors (Lipinski definition) is 0. The summed E-state index contributed by atoms with van der Waals surface area (Å²) in [7, 11) is 0. The van der Waals surface area contributed by atoms with Crippen LogP contribution in [0.15, 0.2) is 18.7 Å². The molecule has 0 saturated heterocycles. The van der Waals surface area contributed by atoms with E-state index in [0.29, 0.717) is 0 Å². The van der Waals surface area contributed by atoms with Gasteiger partial charge in [0.2, 0.25) is 0 Å². The molecule has 62 valence electrons. The Morgan fingerprint density at radius 1 is 1.36 bits per heavy atom. The van der Waals surface area contributed by atoms with Gasteiger partial charge in [-0.25, -0.2) is 4.98 Å². The van der Waals surface area contributed by atoms with Crippen LogP contribution in [-0.4, -0.2) is 9.55 Å². The van der Waals surface area contributed by atoms with Crippen LogP contribution in [0.5, 0.6) is 0 Å². The van der Waals surface area contributed by atoms with Gasteiger partial charge in [-0.2, -0.15) is 0 Å². The van der Waals surface area contributed by atoms with Gasteiger partial charge in [0.15, 0.2) is 0 Å². The normalized spacial score (nSPS) is 13.8. The Hall–Kier alpha value is -0.790. The van der Waals surface area contributed by atoms with Crippen LogP contribution in [0.1, 0.15) is 20.8 Å². The summed E-state index contributed by atoms with van der Waals surface area (Å²) in [6.45, 7) is 7.85. The number of rotatable bonds is 3. The van der Waals surface area contributed by atoms with Gasteiger partial charge in [0.1, 0.15) is 0 Å². The van der Waals surface area contributed by atoms with Crippen molar-refractivity contribution in [3.63, 3.8) is 0 Å². The fraction of sp³-hybridized carbons (Fsp3) is 0.667. The summed E-state index contributed by atoms with van der Waals surface area (Å²) in [5.74, 6) is 1.47. The van der Waals surface area contributed by atoms with Gasteiger partial charge in [-0.05, 0) is 11.8 Å². The van der Waals surface area contributed by atoms with Crippen LogP contribution in [0.25, 0.3) is 0 Å². The lowest BCUT2D eigenvalue weighted by atomic mass is 9.98. The minimum absolute atomic E-state index is 0.726. The number of nitrogens with zero attached hydrogens (tertiary/aromatic N) is 2. The first-order valence-corrected chi connectivity index (χ1v) is 4.16. The van der Waals surface area contributed by atoms with Gasteiger partial charge in [-0.15, -0.1) is 0 Å². The summed E-state index contributed by atoms with van der Waals surface area (Å²) in [6, 6.07) is 0. The van der Waals surface area contributed by atoms with Gasteiger partial charge in [-0.3, -0.25) is 0 Å². The Morgan fingerprint density at radius 2 is 2.09 bits per heavy atom. The maximum Gasteiger partial charge on any atom is 0.0945 e. The fourth-order valence-electron chi connectivity index (χ4n) is 0.938. The molecule has 0 N–H and O–H groups in total. The lowest BCUT2D eigenvalue weighted by Gasteiger charge is -2.15.